The van der Waals surface area contributed by atoms with E-state index in [-0.39, 0.29) is 5.82 Å². The second kappa shape index (κ2) is 10.7. The Morgan fingerprint density at radius 2 is 0.841 bits per heavy atom. The topological polar surface area (TPSA) is 43.6 Å². The van der Waals surface area contributed by atoms with Crippen LogP contribution in [0.15, 0.2) is 152 Å². The largest absolute Gasteiger partial charge is 0.306 e. The molecule has 0 aliphatic carbocycles. The van der Waals surface area contributed by atoms with E-state index in [4.69, 9.17) is 15.0 Å². The Hall–Kier alpha value is -5.94. The van der Waals surface area contributed by atoms with Gasteiger partial charge in [-0.05, 0) is 41.5 Å². The first kappa shape index (κ1) is 25.7. The number of hydrogen-bond donors (Lipinski definition) is 0. The molecule has 0 bridgehead atoms. The number of nitrogens with zero attached hydrogens (tertiary/aromatic N) is 4. The molecule has 2 heterocycles. The van der Waals surface area contributed by atoms with Crippen LogP contribution in [-0.4, -0.2) is 19.5 Å². The first-order chi connectivity index (χ1) is 21.7. The molecule has 6 aromatic carbocycles. The van der Waals surface area contributed by atoms with E-state index in [1.807, 2.05) is 138 Å². The maximum Gasteiger partial charge on any atom is 0.164 e. The summed E-state index contributed by atoms with van der Waals surface area (Å²) in [7, 11) is 0. The fourth-order valence-corrected chi connectivity index (χ4v) is 5.83. The molecule has 2 aromatic heterocycles. The van der Waals surface area contributed by atoms with E-state index in [2.05, 4.69) is 12.1 Å². The van der Waals surface area contributed by atoms with Crippen molar-refractivity contribution < 1.29 is 4.39 Å². The zero-order valence-corrected chi connectivity index (χ0v) is 23.6. The van der Waals surface area contributed by atoms with Crippen molar-refractivity contribution >= 4 is 21.8 Å². The van der Waals surface area contributed by atoms with Crippen molar-refractivity contribution in [2.45, 2.75) is 0 Å². The first-order valence-electron chi connectivity index (χ1n) is 14.5. The van der Waals surface area contributed by atoms with Gasteiger partial charge in [-0.15, -0.1) is 0 Å². The highest BCUT2D eigenvalue weighted by Gasteiger charge is 2.16. The van der Waals surface area contributed by atoms with Gasteiger partial charge in [-0.2, -0.15) is 0 Å². The number of hydrogen-bond acceptors (Lipinski definition) is 3. The molecule has 0 radical (unpaired) electrons. The predicted octanol–water partition coefficient (Wildman–Crippen LogP) is 9.78. The van der Waals surface area contributed by atoms with E-state index in [1.54, 1.807) is 6.07 Å². The van der Waals surface area contributed by atoms with Crippen molar-refractivity contribution in [3.8, 4) is 51.0 Å². The van der Waals surface area contributed by atoms with Crippen LogP contribution in [0.1, 0.15) is 0 Å². The van der Waals surface area contributed by atoms with Gasteiger partial charge in [0.15, 0.2) is 17.5 Å². The van der Waals surface area contributed by atoms with Crippen LogP contribution in [0.2, 0.25) is 0 Å². The van der Waals surface area contributed by atoms with Gasteiger partial charge in [0.1, 0.15) is 5.82 Å². The summed E-state index contributed by atoms with van der Waals surface area (Å²) in [6, 6.07) is 49.4. The summed E-state index contributed by atoms with van der Waals surface area (Å²) >= 11 is 0. The molecule has 0 aliphatic heterocycles. The number of rotatable bonds is 5. The Labute approximate surface area is 253 Å². The summed E-state index contributed by atoms with van der Waals surface area (Å²) < 4.78 is 18.0. The van der Waals surface area contributed by atoms with Gasteiger partial charge in [-0.25, -0.2) is 19.3 Å². The van der Waals surface area contributed by atoms with Crippen LogP contribution in [0.3, 0.4) is 0 Å². The van der Waals surface area contributed by atoms with Gasteiger partial charge >= 0.3 is 0 Å². The molecule has 208 valence electrons. The summed E-state index contributed by atoms with van der Waals surface area (Å²) in [4.78, 5) is 14.5. The zero-order chi connectivity index (χ0) is 29.5. The monoisotopic (exact) mass is 568 g/mol. The van der Waals surface area contributed by atoms with Crippen LogP contribution >= 0.6 is 0 Å². The fraction of sp³-hybridized carbons (Fsp3) is 0. The third-order valence-electron chi connectivity index (χ3n) is 7.92. The third-order valence-corrected chi connectivity index (χ3v) is 7.92. The van der Waals surface area contributed by atoms with Gasteiger partial charge in [0.05, 0.1) is 16.7 Å². The fourth-order valence-electron chi connectivity index (χ4n) is 5.83. The van der Waals surface area contributed by atoms with Gasteiger partial charge in [0, 0.05) is 27.5 Å². The van der Waals surface area contributed by atoms with Gasteiger partial charge in [-0.1, -0.05) is 121 Å². The van der Waals surface area contributed by atoms with Crippen LogP contribution in [0.25, 0.3) is 72.8 Å². The second-order valence-corrected chi connectivity index (χ2v) is 10.7. The normalized spacial score (nSPS) is 11.3. The van der Waals surface area contributed by atoms with E-state index in [1.165, 1.54) is 0 Å². The molecule has 0 saturated heterocycles. The Morgan fingerprint density at radius 3 is 1.41 bits per heavy atom. The van der Waals surface area contributed by atoms with Crippen LogP contribution in [0, 0.1) is 5.82 Å². The second-order valence-electron chi connectivity index (χ2n) is 10.7. The molecule has 44 heavy (non-hydrogen) atoms. The predicted molar refractivity (Wildman–Crippen MR) is 176 cm³/mol. The molecule has 5 heteroatoms. The zero-order valence-electron chi connectivity index (χ0n) is 23.6. The first-order valence-corrected chi connectivity index (χ1v) is 14.5. The summed E-state index contributed by atoms with van der Waals surface area (Å²) in [5, 5.41) is 2.20. The molecular formula is C39H25FN4. The van der Waals surface area contributed by atoms with Gasteiger partial charge in [0.2, 0.25) is 0 Å². The molecule has 4 nitrogen and oxygen atoms in total. The molecule has 0 atom stereocenters. The van der Waals surface area contributed by atoms with Gasteiger partial charge < -0.3 is 4.57 Å². The number of aromatic nitrogens is 4. The molecule has 0 saturated carbocycles. The minimum Gasteiger partial charge on any atom is -0.306 e. The lowest BCUT2D eigenvalue weighted by atomic mass is 10.0. The van der Waals surface area contributed by atoms with E-state index in [9.17, 15) is 0 Å². The maximum atomic E-state index is 16.0. The molecular weight excluding hydrogens is 543 g/mol. The quantitative estimate of drug-likeness (QED) is 0.208. The minimum atomic E-state index is -0.294. The molecule has 8 aromatic rings. The van der Waals surface area contributed by atoms with Crippen molar-refractivity contribution in [3.63, 3.8) is 0 Å². The lowest BCUT2D eigenvalue weighted by Gasteiger charge is -2.12. The molecule has 0 amide bonds. The molecule has 0 aliphatic rings. The molecule has 0 N–H and O–H groups in total. The van der Waals surface area contributed by atoms with Crippen molar-refractivity contribution in [1.82, 2.24) is 19.5 Å². The van der Waals surface area contributed by atoms with Crippen molar-refractivity contribution in [1.29, 1.82) is 0 Å². The van der Waals surface area contributed by atoms with Crippen LogP contribution in [0.5, 0.6) is 0 Å². The number of para-hydroxylation sites is 2. The highest BCUT2D eigenvalue weighted by atomic mass is 19.1. The van der Waals surface area contributed by atoms with Crippen molar-refractivity contribution in [3.05, 3.63) is 157 Å². The Bertz CT molecular complexity index is 2180. The highest BCUT2D eigenvalue weighted by Crippen LogP contribution is 2.34. The van der Waals surface area contributed by atoms with E-state index in [0.29, 0.717) is 23.2 Å². The van der Waals surface area contributed by atoms with E-state index >= 15 is 4.39 Å². The van der Waals surface area contributed by atoms with E-state index < -0.39 is 0 Å². The van der Waals surface area contributed by atoms with Gasteiger partial charge in [-0.3, -0.25) is 0 Å². The standard InChI is InChI=1S/C39H25FN4/c40-33-25-29(22-23-36(33)44-34-20-9-7-18-31(34)32-19-8-10-21-35(32)44)28-16-11-17-30(24-28)39-42-37(26-12-3-1-4-13-26)41-38(43-39)27-14-5-2-6-15-27/h1-25H. The molecule has 0 fully saturated rings. The van der Waals surface area contributed by atoms with Crippen LogP contribution in [-0.2, 0) is 0 Å². The minimum absolute atomic E-state index is 0.294. The smallest absolute Gasteiger partial charge is 0.164 e. The average molecular weight is 569 g/mol. The van der Waals surface area contributed by atoms with Crippen LogP contribution in [0.4, 0.5) is 4.39 Å². The van der Waals surface area contributed by atoms with Crippen molar-refractivity contribution in [2.24, 2.45) is 0 Å². The molecule has 0 spiro atoms. The summed E-state index contributed by atoms with van der Waals surface area (Å²) in [5.41, 5.74) is 6.75. The summed E-state index contributed by atoms with van der Waals surface area (Å²) in [6.45, 7) is 0. The summed E-state index contributed by atoms with van der Waals surface area (Å²) in [6.07, 6.45) is 0. The SMILES string of the molecule is Fc1cc(-c2cccc(-c3nc(-c4ccccc4)nc(-c4ccccc4)n3)c2)ccc1-n1c2ccccc2c2ccccc21. The highest BCUT2D eigenvalue weighted by molar-refractivity contribution is 6.09. The lowest BCUT2D eigenvalue weighted by Crippen LogP contribution is -2.00. The van der Waals surface area contributed by atoms with E-state index in [0.717, 1.165) is 49.6 Å². The third kappa shape index (κ3) is 4.52. The number of fused-ring (bicyclic) bond motifs is 3. The van der Waals surface area contributed by atoms with Crippen molar-refractivity contribution in [2.75, 3.05) is 0 Å². The summed E-state index contributed by atoms with van der Waals surface area (Å²) in [5.74, 6) is 1.46. The van der Waals surface area contributed by atoms with Gasteiger partial charge in [0.25, 0.3) is 0 Å². The molecule has 0 unspecified atom stereocenters. The Balaban J connectivity index is 1.22. The number of halogens is 1. The lowest BCUT2D eigenvalue weighted by molar-refractivity contribution is 0.621. The Morgan fingerprint density at radius 1 is 0.386 bits per heavy atom. The van der Waals surface area contributed by atoms with Crippen LogP contribution < -0.4 is 0 Å². The maximum absolute atomic E-state index is 16.0. The Kier molecular flexibility index (Phi) is 6.27. The number of benzene rings is 6. The average Bonchev–Trinajstić information content (AvgIpc) is 3.43. The molecule has 8 rings (SSSR count).